The predicted molar refractivity (Wildman–Crippen MR) is 94.8 cm³/mol. The van der Waals surface area contributed by atoms with E-state index in [0.717, 1.165) is 11.1 Å². The maximum atomic E-state index is 12.7. The molecule has 126 valence electrons. The van der Waals surface area contributed by atoms with E-state index in [1.807, 2.05) is 32.0 Å². The lowest BCUT2D eigenvalue weighted by atomic mass is 9.99. The highest BCUT2D eigenvalue weighted by Gasteiger charge is 2.24. The summed E-state index contributed by atoms with van der Waals surface area (Å²) >= 11 is 0. The van der Waals surface area contributed by atoms with Crippen molar-refractivity contribution in [1.82, 2.24) is 4.90 Å². The normalized spacial score (nSPS) is 11.7. The Kier molecular flexibility index (Phi) is 5.39. The summed E-state index contributed by atoms with van der Waals surface area (Å²) in [6, 6.07) is 12.0. The number of ether oxygens (including phenoxy) is 1. The van der Waals surface area contributed by atoms with Gasteiger partial charge in [-0.1, -0.05) is 18.2 Å². The molecule has 1 unspecified atom stereocenters. The molecule has 0 heterocycles. The summed E-state index contributed by atoms with van der Waals surface area (Å²) in [5.74, 6) is 0.331. The SMILES string of the molecule is COc1cccc(C(=O)N(C)C(C)C(=O)c2ccc(C)c(C)c2)c1. The summed E-state index contributed by atoms with van der Waals surface area (Å²) in [5, 5.41) is 0. The molecule has 0 N–H and O–H groups in total. The Labute approximate surface area is 143 Å². The second kappa shape index (κ2) is 7.30. The summed E-state index contributed by atoms with van der Waals surface area (Å²) in [5.41, 5.74) is 3.32. The van der Waals surface area contributed by atoms with Gasteiger partial charge < -0.3 is 9.64 Å². The average molecular weight is 325 g/mol. The van der Waals surface area contributed by atoms with Gasteiger partial charge in [0.2, 0.25) is 0 Å². The zero-order valence-corrected chi connectivity index (χ0v) is 14.8. The summed E-state index contributed by atoms with van der Waals surface area (Å²) in [7, 11) is 3.20. The van der Waals surface area contributed by atoms with Crippen LogP contribution in [0.1, 0.15) is 38.8 Å². The fourth-order valence-electron chi connectivity index (χ4n) is 2.45. The summed E-state index contributed by atoms with van der Waals surface area (Å²) in [4.78, 5) is 26.8. The van der Waals surface area contributed by atoms with Crippen LogP contribution in [0, 0.1) is 13.8 Å². The van der Waals surface area contributed by atoms with Crippen molar-refractivity contribution in [2.45, 2.75) is 26.8 Å². The second-order valence-electron chi connectivity index (χ2n) is 5.99. The number of carbonyl (C=O) groups excluding carboxylic acids is 2. The molecule has 0 aliphatic heterocycles. The van der Waals surface area contributed by atoms with E-state index in [1.165, 1.54) is 4.90 Å². The van der Waals surface area contributed by atoms with Crippen LogP contribution in [0.3, 0.4) is 0 Å². The van der Waals surface area contributed by atoms with Crippen molar-refractivity contribution in [3.63, 3.8) is 0 Å². The van der Waals surface area contributed by atoms with Crippen LogP contribution in [0.25, 0.3) is 0 Å². The highest BCUT2D eigenvalue weighted by atomic mass is 16.5. The number of ketones is 1. The maximum absolute atomic E-state index is 12.7. The van der Waals surface area contributed by atoms with Gasteiger partial charge >= 0.3 is 0 Å². The van der Waals surface area contributed by atoms with Crippen LogP contribution in [0.4, 0.5) is 0 Å². The van der Waals surface area contributed by atoms with Crippen LogP contribution >= 0.6 is 0 Å². The lowest BCUT2D eigenvalue weighted by Gasteiger charge is -2.24. The van der Waals surface area contributed by atoms with Gasteiger partial charge in [0.25, 0.3) is 5.91 Å². The topological polar surface area (TPSA) is 46.6 Å². The zero-order valence-electron chi connectivity index (χ0n) is 14.8. The molecule has 0 saturated carbocycles. The number of carbonyl (C=O) groups is 2. The van der Waals surface area contributed by atoms with E-state index in [2.05, 4.69) is 0 Å². The first-order valence-corrected chi connectivity index (χ1v) is 7.88. The molecule has 0 aliphatic carbocycles. The fraction of sp³-hybridized carbons (Fsp3) is 0.300. The summed E-state index contributed by atoms with van der Waals surface area (Å²) in [6.45, 7) is 5.73. The molecule has 0 aromatic heterocycles. The van der Waals surface area contributed by atoms with Crippen LogP contribution in [-0.4, -0.2) is 36.8 Å². The van der Waals surface area contributed by atoms with Gasteiger partial charge in [-0.3, -0.25) is 9.59 Å². The highest BCUT2D eigenvalue weighted by Crippen LogP contribution is 2.17. The molecule has 2 rings (SSSR count). The maximum Gasteiger partial charge on any atom is 0.254 e. The number of nitrogens with zero attached hydrogens (tertiary/aromatic N) is 1. The number of likely N-dealkylation sites (N-methyl/N-ethyl adjacent to an activating group) is 1. The zero-order chi connectivity index (χ0) is 17.9. The molecule has 4 nitrogen and oxygen atoms in total. The van der Waals surface area contributed by atoms with Gasteiger partial charge in [-0.05, 0) is 56.2 Å². The largest absolute Gasteiger partial charge is 0.497 e. The van der Waals surface area contributed by atoms with E-state index in [1.54, 1.807) is 45.3 Å². The van der Waals surface area contributed by atoms with Crippen molar-refractivity contribution in [2.24, 2.45) is 0 Å². The molecule has 0 spiro atoms. The Morgan fingerprint density at radius 3 is 2.33 bits per heavy atom. The molecule has 1 amide bonds. The second-order valence-corrected chi connectivity index (χ2v) is 5.99. The number of hydrogen-bond donors (Lipinski definition) is 0. The molecule has 24 heavy (non-hydrogen) atoms. The number of rotatable bonds is 5. The van der Waals surface area contributed by atoms with Crippen LogP contribution in [0.15, 0.2) is 42.5 Å². The van der Waals surface area contributed by atoms with Crippen molar-refractivity contribution in [3.05, 3.63) is 64.7 Å². The van der Waals surface area contributed by atoms with Crippen molar-refractivity contribution in [3.8, 4) is 5.75 Å². The van der Waals surface area contributed by atoms with Gasteiger partial charge in [-0.25, -0.2) is 0 Å². The number of aryl methyl sites for hydroxylation is 2. The third-order valence-corrected chi connectivity index (χ3v) is 4.39. The Balaban J connectivity index is 2.20. The molecule has 0 bridgehead atoms. The molecule has 2 aromatic rings. The van der Waals surface area contributed by atoms with E-state index >= 15 is 0 Å². The van der Waals surface area contributed by atoms with Crippen molar-refractivity contribution in [2.75, 3.05) is 14.2 Å². The van der Waals surface area contributed by atoms with Crippen LogP contribution in [0.2, 0.25) is 0 Å². The van der Waals surface area contributed by atoms with Gasteiger partial charge in [-0.2, -0.15) is 0 Å². The van der Waals surface area contributed by atoms with Crippen LogP contribution < -0.4 is 4.74 Å². The third-order valence-electron chi connectivity index (χ3n) is 4.39. The molecule has 0 fully saturated rings. The van der Waals surface area contributed by atoms with Crippen molar-refractivity contribution >= 4 is 11.7 Å². The van der Waals surface area contributed by atoms with Crippen molar-refractivity contribution in [1.29, 1.82) is 0 Å². The average Bonchev–Trinajstić information content (AvgIpc) is 2.61. The molecule has 2 aromatic carbocycles. The Morgan fingerprint density at radius 1 is 1.00 bits per heavy atom. The first-order valence-electron chi connectivity index (χ1n) is 7.88. The quantitative estimate of drug-likeness (QED) is 0.788. The Hall–Kier alpha value is -2.62. The number of benzene rings is 2. The molecular formula is C20H23NO3. The minimum Gasteiger partial charge on any atom is -0.497 e. The number of hydrogen-bond acceptors (Lipinski definition) is 3. The van der Waals surface area contributed by atoms with Crippen LogP contribution in [-0.2, 0) is 0 Å². The Morgan fingerprint density at radius 2 is 1.71 bits per heavy atom. The fourth-order valence-corrected chi connectivity index (χ4v) is 2.45. The minimum atomic E-state index is -0.550. The highest BCUT2D eigenvalue weighted by molar-refractivity contribution is 6.04. The van der Waals surface area contributed by atoms with E-state index in [4.69, 9.17) is 4.74 Å². The third kappa shape index (κ3) is 3.65. The van der Waals surface area contributed by atoms with Crippen LogP contribution in [0.5, 0.6) is 5.75 Å². The van der Waals surface area contributed by atoms with Gasteiger partial charge in [-0.15, -0.1) is 0 Å². The Bertz CT molecular complexity index is 767. The van der Waals surface area contributed by atoms with E-state index in [9.17, 15) is 9.59 Å². The molecule has 0 saturated heterocycles. The summed E-state index contributed by atoms with van der Waals surface area (Å²) < 4.78 is 5.15. The standard InChI is InChI=1S/C20H23NO3/c1-13-9-10-16(11-14(13)2)19(22)15(3)21(4)20(23)17-7-6-8-18(12-17)24-5/h6-12,15H,1-5H3. The lowest BCUT2D eigenvalue weighted by molar-refractivity contribution is 0.0674. The van der Waals surface area contributed by atoms with E-state index in [0.29, 0.717) is 16.9 Å². The first-order chi connectivity index (χ1) is 11.3. The number of methoxy groups -OCH3 is 1. The summed E-state index contributed by atoms with van der Waals surface area (Å²) in [6.07, 6.45) is 0. The van der Waals surface area contributed by atoms with E-state index < -0.39 is 6.04 Å². The van der Waals surface area contributed by atoms with Gasteiger partial charge in [0, 0.05) is 18.2 Å². The molecule has 0 aliphatic rings. The number of Topliss-reactive ketones (excluding diaryl/α,β-unsaturated/α-hetero) is 1. The van der Waals surface area contributed by atoms with Gasteiger partial charge in [0.1, 0.15) is 5.75 Å². The lowest BCUT2D eigenvalue weighted by Crippen LogP contribution is -2.40. The minimum absolute atomic E-state index is 0.0724. The molecular weight excluding hydrogens is 302 g/mol. The predicted octanol–water partition coefficient (Wildman–Crippen LogP) is 3.66. The van der Waals surface area contributed by atoms with Gasteiger partial charge in [0.15, 0.2) is 5.78 Å². The smallest absolute Gasteiger partial charge is 0.254 e. The van der Waals surface area contributed by atoms with E-state index in [-0.39, 0.29) is 11.7 Å². The monoisotopic (exact) mass is 325 g/mol. The molecule has 1 atom stereocenters. The molecule has 4 heteroatoms. The van der Waals surface area contributed by atoms with Crippen molar-refractivity contribution < 1.29 is 14.3 Å². The first kappa shape index (κ1) is 17.7. The van der Waals surface area contributed by atoms with Gasteiger partial charge in [0.05, 0.1) is 13.2 Å². The molecule has 0 radical (unpaired) electrons. The number of amides is 1.